The Hall–Kier alpha value is -1.02. The van der Waals surface area contributed by atoms with Crippen molar-refractivity contribution in [2.24, 2.45) is 0 Å². The summed E-state index contributed by atoms with van der Waals surface area (Å²) in [5, 5.41) is 10.4. The lowest BCUT2D eigenvalue weighted by Gasteiger charge is -1.98. The van der Waals surface area contributed by atoms with Gasteiger partial charge in [-0.25, -0.2) is 5.11 Å². The van der Waals surface area contributed by atoms with Gasteiger partial charge < -0.3 is 5.73 Å². The Labute approximate surface area is 60.3 Å². The fourth-order valence-electron chi connectivity index (χ4n) is 0.978. The molecule has 0 aliphatic carbocycles. The minimum Gasteiger partial charge on any atom is -0.399 e. The molecule has 1 rings (SSSR count). The van der Waals surface area contributed by atoms with E-state index in [0.717, 1.165) is 11.1 Å². The first-order valence-corrected chi connectivity index (χ1v) is 3.16. The van der Waals surface area contributed by atoms with Gasteiger partial charge in [0.05, 0.1) is 0 Å². The van der Waals surface area contributed by atoms with E-state index in [0.29, 0.717) is 5.69 Å². The molecule has 0 spiro atoms. The van der Waals surface area contributed by atoms with Crippen molar-refractivity contribution in [2.75, 3.05) is 5.73 Å². The van der Waals surface area contributed by atoms with Crippen LogP contribution in [0.3, 0.4) is 0 Å². The van der Waals surface area contributed by atoms with Crippen molar-refractivity contribution in [1.82, 2.24) is 0 Å². The molecular weight excluding hydrogens is 126 g/mol. The van der Waals surface area contributed by atoms with Crippen LogP contribution in [-0.4, -0.2) is 0 Å². The van der Waals surface area contributed by atoms with Crippen LogP contribution in [0.4, 0.5) is 5.69 Å². The van der Waals surface area contributed by atoms with Gasteiger partial charge >= 0.3 is 0 Å². The van der Waals surface area contributed by atoms with Gasteiger partial charge in [0, 0.05) is 5.69 Å². The minimum absolute atomic E-state index is 0.189. The van der Waals surface area contributed by atoms with Gasteiger partial charge in [0.25, 0.3) is 0 Å². The molecule has 10 heavy (non-hydrogen) atoms. The van der Waals surface area contributed by atoms with Gasteiger partial charge in [-0.1, -0.05) is 6.07 Å². The van der Waals surface area contributed by atoms with Crippen molar-refractivity contribution in [3.05, 3.63) is 29.3 Å². The molecule has 0 aliphatic rings. The summed E-state index contributed by atoms with van der Waals surface area (Å²) in [7, 11) is 0. The molecule has 2 nitrogen and oxygen atoms in total. The largest absolute Gasteiger partial charge is 0.399 e. The highest BCUT2D eigenvalue weighted by Gasteiger charge is 1.93. The van der Waals surface area contributed by atoms with Crippen molar-refractivity contribution in [3.63, 3.8) is 0 Å². The Balaban J connectivity index is 3.06. The van der Waals surface area contributed by atoms with Crippen molar-refractivity contribution in [1.29, 1.82) is 0 Å². The molecule has 0 fully saturated rings. The zero-order valence-corrected chi connectivity index (χ0v) is 5.92. The lowest BCUT2D eigenvalue weighted by molar-refractivity contribution is 0.177. The molecule has 0 saturated carbocycles. The van der Waals surface area contributed by atoms with Gasteiger partial charge in [-0.05, 0) is 30.2 Å². The van der Waals surface area contributed by atoms with E-state index in [-0.39, 0.29) is 6.61 Å². The molecule has 0 amide bonds. The third-order valence-electron chi connectivity index (χ3n) is 1.33. The van der Waals surface area contributed by atoms with Crippen LogP contribution in [0.2, 0.25) is 0 Å². The van der Waals surface area contributed by atoms with Gasteiger partial charge in [-0.3, -0.25) is 0 Å². The molecule has 0 aliphatic heterocycles. The number of hydrogen-bond acceptors (Lipinski definition) is 1. The Bertz CT molecular complexity index is 212. The van der Waals surface area contributed by atoms with Crippen LogP contribution < -0.4 is 5.73 Å². The maximum atomic E-state index is 10.4. The highest BCUT2D eigenvalue weighted by molar-refractivity contribution is 5.43. The van der Waals surface area contributed by atoms with Crippen molar-refractivity contribution in [2.45, 2.75) is 13.5 Å². The van der Waals surface area contributed by atoms with Crippen LogP contribution in [-0.2, 0) is 11.7 Å². The summed E-state index contributed by atoms with van der Waals surface area (Å²) in [6, 6.07) is 5.41. The van der Waals surface area contributed by atoms with E-state index in [2.05, 4.69) is 0 Å². The first-order valence-electron chi connectivity index (χ1n) is 3.16. The Kier molecular flexibility index (Phi) is 1.92. The molecule has 53 valence electrons. The van der Waals surface area contributed by atoms with Crippen LogP contribution in [0.15, 0.2) is 18.2 Å². The summed E-state index contributed by atoms with van der Waals surface area (Å²) >= 11 is 0. The average molecular weight is 136 g/mol. The van der Waals surface area contributed by atoms with Gasteiger partial charge in [0.1, 0.15) is 6.61 Å². The number of aryl methyl sites for hydroxylation is 1. The lowest BCUT2D eigenvalue weighted by atomic mass is 10.1. The van der Waals surface area contributed by atoms with Gasteiger partial charge in [-0.15, -0.1) is 0 Å². The molecule has 0 unspecified atom stereocenters. The Morgan fingerprint density at radius 3 is 2.60 bits per heavy atom. The summed E-state index contributed by atoms with van der Waals surface area (Å²) in [6.07, 6.45) is 0. The summed E-state index contributed by atoms with van der Waals surface area (Å²) in [5.41, 5.74) is 7.98. The fraction of sp³-hybridized carbons (Fsp3) is 0.250. The van der Waals surface area contributed by atoms with E-state index in [4.69, 9.17) is 5.73 Å². The SMILES string of the molecule is Cc1cc(N)cc(C[O])c1. The number of hydrogen-bond donors (Lipinski definition) is 1. The van der Waals surface area contributed by atoms with Crippen LogP contribution in [0.5, 0.6) is 0 Å². The van der Waals surface area contributed by atoms with Crippen molar-refractivity contribution in [3.8, 4) is 0 Å². The third kappa shape index (κ3) is 1.48. The maximum absolute atomic E-state index is 10.4. The predicted octanol–water partition coefficient (Wildman–Crippen LogP) is 1.51. The fourth-order valence-corrected chi connectivity index (χ4v) is 0.978. The van der Waals surface area contributed by atoms with E-state index in [9.17, 15) is 5.11 Å². The van der Waals surface area contributed by atoms with Gasteiger partial charge in [0.2, 0.25) is 0 Å². The summed E-state index contributed by atoms with van der Waals surface area (Å²) in [5.74, 6) is 0. The minimum atomic E-state index is -0.189. The third-order valence-corrected chi connectivity index (χ3v) is 1.33. The highest BCUT2D eigenvalue weighted by atomic mass is 16.3. The second-order valence-electron chi connectivity index (χ2n) is 2.40. The molecule has 2 heteroatoms. The van der Waals surface area contributed by atoms with Crippen molar-refractivity contribution >= 4 is 5.69 Å². The molecule has 1 radical (unpaired) electrons. The van der Waals surface area contributed by atoms with Gasteiger partial charge in [0.15, 0.2) is 0 Å². The van der Waals surface area contributed by atoms with E-state index >= 15 is 0 Å². The summed E-state index contributed by atoms with van der Waals surface area (Å²) < 4.78 is 0. The average Bonchev–Trinajstić information content (AvgIpc) is 1.85. The van der Waals surface area contributed by atoms with Crippen LogP contribution in [0, 0.1) is 6.92 Å². The first-order chi connectivity index (χ1) is 4.72. The van der Waals surface area contributed by atoms with E-state index < -0.39 is 0 Å². The number of nitrogen functional groups attached to an aromatic ring is 1. The Morgan fingerprint density at radius 1 is 1.40 bits per heavy atom. The topological polar surface area (TPSA) is 45.9 Å². The normalized spacial score (nSPS) is 9.80. The summed E-state index contributed by atoms with van der Waals surface area (Å²) in [6.45, 7) is 1.74. The quantitative estimate of drug-likeness (QED) is 0.584. The number of nitrogens with two attached hydrogens (primary N) is 1. The van der Waals surface area contributed by atoms with E-state index in [1.807, 2.05) is 19.1 Å². The molecule has 1 aromatic carbocycles. The standard InChI is InChI=1S/C8H10NO/c1-6-2-7(5-10)4-8(9)3-6/h2-4H,5,9H2,1H3. The maximum Gasteiger partial charge on any atom is 0.107 e. The molecule has 1 aromatic rings. The van der Waals surface area contributed by atoms with E-state index in [1.54, 1.807) is 6.07 Å². The second-order valence-corrected chi connectivity index (χ2v) is 2.40. The van der Waals surface area contributed by atoms with E-state index in [1.165, 1.54) is 0 Å². The molecule has 0 heterocycles. The smallest absolute Gasteiger partial charge is 0.107 e. The zero-order valence-electron chi connectivity index (χ0n) is 5.92. The number of anilines is 1. The predicted molar refractivity (Wildman–Crippen MR) is 40.0 cm³/mol. The number of rotatable bonds is 1. The molecule has 0 saturated heterocycles. The lowest BCUT2D eigenvalue weighted by Crippen LogP contribution is -1.89. The van der Waals surface area contributed by atoms with Crippen LogP contribution >= 0.6 is 0 Å². The molecule has 0 bridgehead atoms. The second kappa shape index (κ2) is 2.71. The summed E-state index contributed by atoms with van der Waals surface area (Å²) in [4.78, 5) is 0. The Morgan fingerprint density at radius 2 is 2.10 bits per heavy atom. The molecule has 2 N–H and O–H groups in total. The monoisotopic (exact) mass is 136 g/mol. The van der Waals surface area contributed by atoms with Gasteiger partial charge in [-0.2, -0.15) is 0 Å². The van der Waals surface area contributed by atoms with Crippen LogP contribution in [0.1, 0.15) is 11.1 Å². The molecular formula is C8H10NO. The molecule has 0 atom stereocenters. The number of benzene rings is 1. The molecule has 0 aromatic heterocycles. The zero-order chi connectivity index (χ0) is 7.56. The first kappa shape index (κ1) is 7.09. The highest BCUT2D eigenvalue weighted by Crippen LogP contribution is 2.10. The van der Waals surface area contributed by atoms with Crippen molar-refractivity contribution < 1.29 is 5.11 Å². The van der Waals surface area contributed by atoms with Crippen LogP contribution in [0.25, 0.3) is 0 Å².